The molecule has 0 atom stereocenters. The Balaban J connectivity index is 2.12. The molecule has 110 valence electrons. The second kappa shape index (κ2) is 6.49. The van der Waals surface area contributed by atoms with E-state index in [4.69, 9.17) is 0 Å². The first-order chi connectivity index (χ1) is 10.0. The van der Waals surface area contributed by atoms with Gasteiger partial charge in [0.1, 0.15) is 5.56 Å². The summed E-state index contributed by atoms with van der Waals surface area (Å²) in [5, 5.41) is 17.8. The minimum absolute atomic E-state index is 0.0357. The van der Waals surface area contributed by atoms with Gasteiger partial charge in [-0.2, -0.15) is 5.10 Å². The fourth-order valence-electron chi connectivity index (χ4n) is 1.80. The van der Waals surface area contributed by atoms with Crippen molar-refractivity contribution < 1.29 is 9.72 Å². The summed E-state index contributed by atoms with van der Waals surface area (Å²) in [4.78, 5) is 22.4. The van der Waals surface area contributed by atoms with Gasteiger partial charge in [-0.1, -0.05) is 12.1 Å². The summed E-state index contributed by atoms with van der Waals surface area (Å²) in [6.07, 6.45) is 1.81. The van der Waals surface area contributed by atoms with E-state index in [1.807, 2.05) is 13.1 Å². The molecule has 0 spiro atoms. The van der Waals surface area contributed by atoms with Gasteiger partial charge < -0.3 is 5.32 Å². The molecule has 1 aromatic carbocycles. The van der Waals surface area contributed by atoms with Crippen LogP contribution in [0.5, 0.6) is 0 Å². The lowest BCUT2D eigenvalue weighted by atomic mass is 10.1. The first-order valence-corrected chi connectivity index (χ1v) is 7.05. The third kappa shape index (κ3) is 3.46. The number of aromatic nitrogens is 2. The minimum atomic E-state index is -0.573. The molecular formula is C13H13BrN4O3. The molecule has 0 unspecified atom stereocenters. The second-order valence-electron chi connectivity index (χ2n) is 4.24. The molecule has 0 saturated heterocycles. The summed E-state index contributed by atoms with van der Waals surface area (Å²) in [5.74, 6) is -0.500. The highest BCUT2D eigenvalue weighted by Crippen LogP contribution is 2.18. The SMILES string of the molecule is CCn1cc(Br)c(CNC(=O)c2ccccc2[N+](=O)[O-])n1. The van der Waals surface area contributed by atoms with E-state index in [-0.39, 0.29) is 17.8 Å². The van der Waals surface area contributed by atoms with Gasteiger partial charge in [0.25, 0.3) is 11.6 Å². The maximum atomic E-state index is 12.1. The van der Waals surface area contributed by atoms with E-state index >= 15 is 0 Å². The Bertz CT molecular complexity index is 684. The van der Waals surface area contributed by atoms with Crippen LogP contribution in [0.1, 0.15) is 23.0 Å². The van der Waals surface area contributed by atoms with Crippen molar-refractivity contribution in [2.45, 2.75) is 20.0 Å². The molecule has 1 heterocycles. The average molecular weight is 353 g/mol. The molecule has 1 N–H and O–H groups in total. The van der Waals surface area contributed by atoms with Crippen LogP contribution in [-0.2, 0) is 13.1 Å². The number of nitrogens with one attached hydrogen (secondary N) is 1. The average Bonchev–Trinajstić information content (AvgIpc) is 2.85. The Morgan fingerprint density at radius 3 is 2.81 bits per heavy atom. The molecule has 21 heavy (non-hydrogen) atoms. The van der Waals surface area contributed by atoms with E-state index in [0.717, 1.165) is 11.0 Å². The number of carbonyl (C=O) groups is 1. The van der Waals surface area contributed by atoms with Gasteiger partial charge in [-0.25, -0.2) is 0 Å². The van der Waals surface area contributed by atoms with E-state index < -0.39 is 10.8 Å². The van der Waals surface area contributed by atoms with Gasteiger partial charge in [0.2, 0.25) is 0 Å². The summed E-state index contributed by atoms with van der Waals surface area (Å²) < 4.78 is 2.52. The number of amides is 1. The number of carbonyl (C=O) groups excluding carboxylic acids is 1. The first-order valence-electron chi connectivity index (χ1n) is 6.26. The highest BCUT2D eigenvalue weighted by Gasteiger charge is 2.19. The molecule has 0 radical (unpaired) electrons. The van der Waals surface area contributed by atoms with Gasteiger partial charge in [0, 0.05) is 18.8 Å². The van der Waals surface area contributed by atoms with Gasteiger partial charge in [-0.15, -0.1) is 0 Å². The van der Waals surface area contributed by atoms with Crippen molar-refractivity contribution in [1.29, 1.82) is 0 Å². The number of hydrogen-bond acceptors (Lipinski definition) is 4. The van der Waals surface area contributed by atoms with E-state index in [0.29, 0.717) is 5.69 Å². The third-order valence-corrected chi connectivity index (χ3v) is 3.54. The van der Waals surface area contributed by atoms with Crippen molar-refractivity contribution in [3.63, 3.8) is 0 Å². The number of hydrogen-bond donors (Lipinski definition) is 1. The van der Waals surface area contributed by atoms with Crippen LogP contribution in [-0.4, -0.2) is 20.6 Å². The van der Waals surface area contributed by atoms with E-state index in [9.17, 15) is 14.9 Å². The summed E-state index contributed by atoms with van der Waals surface area (Å²) >= 11 is 3.36. The van der Waals surface area contributed by atoms with Crippen LogP contribution >= 0.6 is 15.9 Å². The Morgan fingerprint density at radius 2 is 2.19 bits per heavy atom. The van der Waals surface area contributed by atoms with Crippen LogP contribution in [0.15, 0.2) is 34.9 Å². The lowest BCUT2D eigenvalue weighted by molar-refractivity contribution is -0.385. The molecule has 0 bridgehead atoms. The molecule has 8 heteroatoms. The van der Waals surface area contributed by atoms with Crippen LogP contribution in [0.4, 0.5) is 5.69 Å². The zero-order chi connectivity index (χ0) is 15.4. The normalized spacial score (nSPS) is 10.4. The van der Waals surface area contributed by atoms with Gasteiger partial charge in [-0.05, 0) is 28.9 Å². The van der Waals surface area contributed by atoms with Crippen molar-refractivity contribution in [1.82, 2.24) is 15.1 Å². The number of benzene rings is 1. The molecule has 0 aliphatic carbocycles. The smallest absolute Gasteiger partial charge is 0.282 e. The second-order valence-corrected chi connectivity index (χ2v) is 5.09. The number of para-hydroxylation sites is 1. The third-order valence-electron chi connectivity index (χ3n) is 2.87. The first kappa shape index (κ1) is 15.2. The topological polar surface area (TPSA) is 90.1 Å². The van der Waals surface area contributed by atoms with Crippen LogP contribution in [0, 0.1) is 10.1 Å². The maximum Gasteiger partial charge on any atom is 0.282 e. The summed E-state index contributed by atoms with van der Waals surface area (Å²) in [7, 11) is 0. The number of nitro benzene ring substituents is 1. The highest BCUT2D eigenvalue weighted by molar-refractivity contribution is 9.10. The fourth-order valence-corrected chi connectivity index (χ4v) is 2.26. The lowest BCUT2D eigenvalue weighted by Gasteiger charge is -2.04. The molecule has 2 aromatic rings. The Morgan fingerprint density at radius 1 is 1.48 bits per heavy atom. The molecule has 0 aliphatic heterocycles. The van der Waals surface area contributed by atoms with Crippen LogP contribution in [0.2, 0.25) is 0 Å². The number of nitro groups is 1. The monoisotopic (exact) mass is 352 g/mol. The molecule has 0 aliphatic rings. The Labute approximate surface area is 129 Å². The summed E-state index contributed by atoms with van der Waals surface area (Å²) in [6, 6.07) is 5.84. The number of nitrogens with zero attached hydrogens (tertiary/aromatic N) is 3. The van der Waals surface area contributed by atoms with E-state index in [2.05, 4.69) is 26.3 Å². The predicted molar refractivity (Wildman–Crippen MR) is 79.9 cm³/mol. The Kier molecular flexibility index (Phi) is 4.69. The molecular weight excluding hydrogens is 340 g/mol. The summed E-state index contributed by atoms with van der Waals surface area (Å²) in [6.45, 7) is 2.87. The highest BCUT2D eigenvalue weighted by atomic mass is 79.9. The zero-order valence-electron chi connectivity index (χ0n) is 11.2. The van der Waals surface area contributed by atoms with Crippen molar-refractivity contribution in [2.24, 2.45) is 0 Å². The van der Waals surface area contributed by atoms with Gasteiger partial charge in [0.15, 0.2) is 0 Å². The van der Waals surface area contributed by atoms with Crippen LogP contribution in [0.3, 0.4) is 0 Å². The lowest BCUT2D eigenvalue weighted by Crippen LogP contribution is -2.24. The molecule has 0 fully saturated rings. The largest absolute Gasteiger partial charge is 0.346 e. The maximum absolute atomic E-state index is 12.1. The Hall–Kier alpha value is -2.22. The quantitative estimate of drug-likeness (QED) is 0.661. The zero-order valence-corrected chi connectivity index (χ0v) is 12.8. The van der Waals surface area contributed by atoms with Crippen LogP contribution in [0.25, 0.3) is 0 Å². The molecule has 7 nitrogen and oxygen atoms in total. The molecule has 2 rings (SSSR count). The molecule has 1 aromatic heterocycles. The summed E-state index contributed by atoms with van der Waals surface area (Å²) in [5.41, 5.74) is 0.491. The van der Waals surface area contributed by atoms with Crippen LogP contribution < -0.4 is 5.32 Å². The van der Waals surface area contributed by atoms with E-state index in [1.165, 1.54) is 18.2 Å². The number of aryl methyl sites for hydroxylation is 1. The fraction of sp³-hybridized carbons (Fsp3) is 0.231. The molecule has 1 amide bonds. The number of halogens is 1. The van der Waals surface area contributed by atoms with Crippen molar-refractivity contribution in [3.8, 4) is 0 Å². The minimum Gasteiger partial charge on any atom is -0.346 e. The number of rotatable bonds is 5. The van der Waals surface area contributed by atoms with E-state index in [1.54, 1.807) is 10.7 Å². The predicted octanol–water partition coefficient (Wildman–Crippen LogP) is 2.50. The standard InChI is InChI=1S/C13H13BrN4O3/c1-2-17-8-10(14)11(16-17)7-15-13(19)9-5-3-4-6-12(9)18(20)21/h3-6,8H,2,7H2,1H3,(H,15,19). The van der Waals surface area contributed by atoms with Gasteiger partial charge in [-0.3, -0.25) is 19.6 Å². The van der Waals surface area contributed by atoms with Crippen molar-refractivity contribution in [2.75, 3.05) is 0 Å². The van der Waals surface area contributed by atoms with Crippen molar-refractivity contribution in [3.05, 3.63) is 56.3 Å². The van der Waals surface area contributed by atoms with Crippen molar-refractivity contribution >= 4 is 27.5 Å². The molecule has 0 saturated carbocycles. The van der Waals surface area contributed by atoms with Gasteiger partial charge in [0.05, 0.1) is 21.6 Å². The van der Waals surface area contributed by atoms with Gasteiger partial charge >= 0.3 is 0 Å².